The van der Waals surface area contributed by atoms with Gasteiger partial charge in [-0.2, -0.15) is 5.10 Å². The first kappa shape index (κ1) is 19.4. The van der Waals surface area contributed by atoms with Crippen molar-refractivity contribution in [2.45, 2.75) is 25.0 Å². The molecule has 4 rings (SSSR count). The van der Waals surface area contributed by atoms with Gasteiger partial charge in [0, 0.05) is 42.6 Å². The molecule has 0 radical (unpaired) electrons. The molecule has 1 amide bonds. The van der Waals surface area contributed by atoms with Gasteiger partial charge in [-0.1, -0.05) is 17.7 Å². The van der Waals surface area contributed by atoms with Crippen LogP contribution in [0.3, 0.4) is 0 Å². The predicted octanol–water partition coefficient (Wildman–Crippen LogP) is 2.30. The van der Waals surface area contributed by atoms with Crippen molar-refractivity contribution in [1.29, 1.82) is 0 Å². The molecule has 2 aromatic heterocycles. The van der Waals surface area contributed by atoms with E-state index in [0.29, 0.717) is 23.9 Å². The normalized spacial score (nSPS) is 19.9. The first-order chi connectivity index (χ1) is 14.0. The molecule has 1 saturated heterocycles. The van der Waals surface area contributed by atoms with Crippen LogP contribution in [-0.4, -0.2) is 55.9 Å². The first-order valence-corrected chi connectivity index (χ1v) is 9.68. The van der Waals surface area contributed by atoms with Gasteiger partial charge in [0.2, 0.25) is 0 Å². The van der Waals surface area contributed by atoms with Crippen LogP contribution in [0.4, 0.5) is 16.3 Å². The number of hydrogen-bond donors (Lipinski definition) is 4. The largest absolute Gasteiger partial charge is 0.465 e. The van der Waals surface area contributed by atoms with Gasteiger partial charge in [0.15, 0.2) is 5.82 Å². The lowest BCUT2D eigenvalue weighted by molar-refractivity contribution is 0.149. The maximum atomic E-state index is 11.0. The summed E-state index contributed by atoms with van der Waals surface area (Å²) in [4.78, 5) is 17.6. The van der Waals surface area contributed by atoms with Gasteiger partial charge in [-0.15, -0.1) is 0 Å². The number of halogens is 1. The van der Waals surface area contributed by atoms with E-state index in [1.165, 1.54) is 6.33 Å². The SMILES string of the molecule is N[C@@H]1CCN(Cc2ccn3ncnc(Nc4cccc(Cl)c4)c23)C[C@H]1NC(=O)O. The van der Waals surface area contributed by atoms with Gasteiger partial charge in [0.05, 0.1) is 6.04 Å². The van der Waals surface area contributed by atoms with E-state index in [9.17, 15) is 4.79 Å². The third-order valence-electron chi connectivity index (χ3n) is 5.08. The summed E-state index contributed by atoms with van der Waals surface area (Å²) in [7, 11) is 0. The van der Waals surface area contributed by atoms with E-state index >= 15 is 0 Å². The monoisotopic (exact) mass is 415 g/mol. The summed E-state index contributed by atoms with van der Waals surface area (Å²) in [6.45, 7) is 1.98. The molecule has 29 heavy (non-hydrogen) atoms. The Hall–Kier alpha value is -2.88. The number of piperidine rings is 1. The standard InChI is InChI=1S/C19H22ClN7O2/c20-13-2-1-3-14(8-13)24-18-17-12(4-7-27(17)23-11-22-18)9-26-6-5-15(21)16(10-26)25-19(28)29/h1-4,7-8,11,15-16,25H,5-6,9-10,21H2,(H,28,29)(H,22,23,24)/t15-,16-/m1/s1. The fraction of sp³-hybridized carbons (Fsp3) is 0.316. The Kier molecular flexibility index (Phi) is 5.52. The van der Waals surface area contributed by atoms with Gasteiger partial charge in [-0.05, 0) is 36.2 Å². The van der Waals surface area contributed by atoms with Crippen molar-refractivity contribution >= 4 is 34.7 Å². The molecule has 10 heteroatoms. The van der Waals surface area contributed by atoms with Crippen LogP contribution in [0, 0.1) is 0 Å². The zero-order valence-electron chi connectivity index (χ0n) is 15.6. The molecule has 0 spiro atoms. The number of nitrogens with one attached hydrogen (secondary N) is 2. The van der Waals surface area contributed by atoms with Gasteiger partial charge in [0.1, 0.15) is 11.8 Å². The Morgan fingerprint density at radius 2 is 2.24 bits per heavy atom. The summed E-state index contributed by atoms with van der Waals surface area (Å²) in [6, 6.07) is 8.95. The highest BCUT2D eigenvalue weighted by atomic mass is 35.5. The van der Waals surface area contributed by atoms with E-state index in [2.05, 4.69) is 25.6 Å². The third kappa shape index (κ3) is 4.42. The molecular formula is C19H22ClN7O2. The number of benzene rings is 1. The lowest BCUT2D eigenvalue weighted by atomic mass is 10.00. The minimum atomic E-state index is -1.05. The Balaban J connectivity index is 1.57. The number of fused-ring (bicyclic) bond motifs is 1. The lowest BCUT2D eigenvalue weighted by Crippen LogP contribution is -2.57. The molecule has 3 aromatic rings. The summed E-state index contributed by atoms with van der Waals surface area (Å²) in [5, 5.41) is 19.8. The van der Waals surface area contributed by atoms with E-state index in [4.69, 9.17) is 22.4 Å². The molecule has 1 aromatic carbocycles. The number of nitrogens with zero attached hydrogens (tertiary/aromatic N) is 4. The minimum absolute atomic E-state index is 0.184. The molecule has 9 nitrogen and oxygen atoms in total. The molecule has 0 unspecified atom stereocenters. The quantitative estimate of drug-likeness (QED) is 0.504. The zero-order valence-corrected chi connectivity index (χ0v) is 16.4. The maximum absolute atomic E-state index is 11.0. The molecule has 5 N–H and O–H groups in total. The third-order valence-corrected chi connectivity index (χ3v) is 5.31. The second kappa shape index (κ2) is 8.24. The van der Waals surface area contributed by atoms with E-state index in [1.807, 2.05) is 36.5 Å². The number of aromatic nitrogens is 3. The highest BCUT2D eigenvalue weighted by Crippen LogP contribution is 2.26. The predicted molar refractivity (Wildman–Crippen MR) is 111 cm³/mol. The summed E-state index contributed by atoms with van der Waals surface area (Å²) in [5.41, 5.74) is 8.82. The maximum Gasteiger partial charge on any atom is 0.404 e. The number of anilines is 2. The van der Waals surface area contributed by atoms with Gasteiger partial charge >= 0.3 is 6.09 Å². The van der Waals surface area contributed by atoms with Gasteiger partial charge in [-0.25, -0.2) is 14.3 Å². The van der Waals surface area contributed by atoms with Gasteiger partial charge < -0.3 is 21.5 Å². The fourth-order valence-electron chi connectivity index (χ4n) is 3.67. The van der Waals surface area contributed by atoms with Gasteiger partial charge in [-0.3, -0.25) is 4.90 Å². The average Bonchev–Trinajstić information content (AvgIpc) is 3.08. The number of likely N-dealkylation sites (tertiary alicyclic amines) is 1. The van der Waals surface area contributed by atoms with Gasteiger partial charge in [0.25, 0.3) is 0 Å². The highest BCUT2D eigenvalue weighted by Gasteiger charge is 2.28. The summed E-state index contributed by atoms with van der Waals surface area (Å²) in [5.74, 6) is 0.677. The molecule has 1 fully saturated rings. The Labute approximate surface area is 172 Å². The summed E-state index contributed by atoms with van der Waals surface area (Å²) in [6.07, 6.45) is 3.05. The van der Waals surface area contributed by atoms with E-state index in [-0.39, 0.29) is 12.1 Å². The fourth-order valence-corrected chi connectivity index (χ4v) is 3.86. The van der Waals surface area contributed by atoms with Crippen LogP contribution in [0.2, 0.25) is 5.02 Å². The lowest BCUT2D eigenvalue weighted by Gasteiger charge is -2.36. The number of hydrogen-bond acceptors (Lipinski definition) is 6. The number of carboxylic acid groups (broad SMARTS) is 1. The zero-order chi connectivity index (χ0) is 20.4. The second-order valence-corrected chi connectivity index (χ2v) is 7.56. The van der Waals surface area contributed by atoms with Crippen LogP contribution >= 0.6 is 11.6 Å². The van der Waals surface area contributed by atoms with Crippen LogP contribution < -0.4 is 16.4 Å². The van der Waals surface area contributed by atoms with Crippen molar-refractivity contribution in [1.82, 2.24) is 24.8 Å². The van der Waals surface area contributed by atoms with E-state index in [0.717, 1.165) is 29.7 Å². The van der Waals surface area contributed by atoms with E-state index in [1.54, 1.807) is 4.52 Å². The number of rotatable bonds is 5. The van der Waals surface area contributed by atoms with E-state index < -0.39 is 6.09 Å². The number of carbonyl (C=O) groups is 1. The Morgan fingerprint density at radius 1 is 1.38 bits per heavy atom. The molecule has 2 atom stereocenters. The van der Waals surface area contributed by atoms with Crippen LogP contribution in [0.15, 0.2) is 42.9 Å². The van der Waals surface area contributed by atoms with Crippen molar-refractivity contribution in [3.63, 3.8) is 0 Å². The number of nitrogens with two attached hydrogens (primary N) is 1. The number of amides is 1. The van der Waals surface area contributed by atoms with Crippen LogP contribution in [0.1, 0.15) is 12.0 Å². The van der Waals surface area contributed by atoms with Crippen LogP contribution in [0.25, 0.3) is 5.52 Å². The Morgan fingerprint density at radius 3 is 3.03 bits per heavy atom. The first-order valence-electron chi connectivity index (χ1n) is 9.31. The molecule has 152 valence electrons. The summed E-state index contributed by atoms with van der Waals surface area (Å²) < 4.78 is 1.78. The van der Waals surface area contributed by atoms with Crippen LogP contribution in [0.5, 0.6) is 0 Å². The molecule has 1 aliphatic heterocycles. The molecule has 1 aliphatic rings. The smallest absolute Gasteiger partial charge is 0.404 e. The molecular weight excluding hydrogens is 394 g/mol. The highest BCUT2D eigenvalue weighted by molar-refractivity contribution is 6.30. The van der Waals surface area contributed by atoms with Crippen molar-refractivity contribution in [3.8, 4) is 0 Å². The molecule has 0 saturated carbocycles. The average molecular weight is 416 g/mol. The second-order valence-electron chi connectivity index (χ2n) is 7.12. The van der Waals surface area contributed by atoms with Crippen molar-refractivity contribution in [2.75, 3.05) is 18.4 Å². The van der Waals surface area contributed by atoms with Crippen LogP contribution in [-0.2, 0) is 6.54 Å². The minimum Gasteiger partial charge on any atom is -0.465 e. The molecule has 0 aliphatic carbocycles. The van der Waals surface area contributed by atoms with Crippen molar-refractivity contribution in [2.24, 2.45) is 5.73 Å². The molecule has 3 heterocycles. The molecule has 0 bridgehead atoms. The summed E-state index contributed by atoms with van der Waals surface area (Å²) >= 11 is 6.09. The van der Waals surface area contributed by atoms with Crippen molar-refractivity contribution in [3.05, 3.63) is 53.4 Å². The topological polar surface area (TPSA) is 121 Å². The Bertz CT molecular complexity index is 1020. The van der Waals surface area contributed by atoms with Crippen molar-refractivity contribution < 1.29 is 9.90 Å².